The quantitative estimate of drug-likeness (QED) is 0.402. The average Bonchev–Trinajstić information content (AvgIpc) is 3.18. The van der Waals surface area contributed by atoms with E-state index in [4.69, 9.17) is 10.8 Å². The van der Waals surface area contributed by atoms with Crippen molar-refractivity contribution in [1.82, 2.24) is 4.98 Å². The molecule has 1 aliphatic rings. The molecular weight excluding hydrogens is 372 g/mol. The Morgan fingerprint density at radius 3 is 2.53 bits per heavy atom. The van der Waals surface area contributed by atoms with Crippen LogP contribution in [-0.2, 0) is 11.2 Å². The Bertz CT molecular complexity index is 1240. The molecule has 4 aromatic rings. The molecule has 0 radical (unpaired) electrons. The first-order valence-corrected chi connectivity index (χ1v) is 10.1. The fourth-order valence-corrected chi connectivity index (χ4v) is 4.09. The molecule has 148 valence electrons. The van der Waals surface area contributed by atoms with E-state index in [-0.39, 0.29) is 5.91 Å². The molecule has 0 saturated heterocycles. The van der Waals surface area contributed by atoms with Crippen LogP contribution in [0.1, 0.15) is 23.1 Å². The van der Waals surface area contributed by atoms with Crippen molar-refractivity contribution in [2.45, 2.75) is 18.9 Å². The van der Waals surface area contributed by atoms with Crippen molar-refractivity contribution in [3.05, 3.63) is 102 Å². The van der Waals surface area contributed by atoms with Crippen LogP contribution in [0.25, 0.3) is 10.9 Å². The normalized spacial score (nSPS) is 16.3. The second-order valence-corrected chi connectivity index (χ2v) is 7.48. The molecule has 5 heteroatoms. The molecule has 0 saturated carbocycles. The van der Waals surface area contributed by atoms with Crippen LogP contribution >= 0.6 is 0 Å². The lowest BCUT2D eigenvalue weighted by Gasteiger charge is -2.19. The molecule has 1 unspecified atom stereocenters. The average molecular weight is 394 g/mol. The molecule has 1 atom stereocenters. The van der Waals surface area contributed by atoms with Crippen molar-refractivity contribution in [1.29, 1.82) is 0 Å². The predicted molar refractivity (Wildman–Crippen MR) is 121 cm³/mol. The van der Waals surface area contributed by atoms with Crippen LogP contribution in [0.2, 0.25) is 0 Å². The number of aromatic amines is 1. The van der Waals surface area contributed by atoms with E-state index in [0.717, 1.165) is 28.8 Å². The summed E-state index contributed by atoms with van der Waals surface area (Å²) in [5.74, 6) is 6.08. The van der Waals surface area contributed by atoms with Crippen LogP contribution in [0.3, 0.4) is 0 Å². The van der Waals surface area contributed by atoms with Crippen LogP contribution in [-0.4, -0.2) is 22.6 Å². The fourth-order valence-electron chi connectivity index (χ4n) is 4.09. The number of carbonyl (C=O) groups excluding carboxylic acids is 1. The zero-order valence-electron chi connectivity index (χ0n) is 16.5. The summed E-state index contributed by atoms with van der Waals surface area (Å²) in [5, 5.41) is 2.44. The second kappa shape index (κ2) is 7.61. The number of aromatic nitrogens is 1. The van der Waals surface area contributed by atoms with Crippen molar-refractivity contribution >= 4 is 28.2 Å². The number of H-pyrrole nitrogens is 1. The molecular formula is C25H22N4O. The first kappa shape index (κ1) is 18.3. The molecule has 2 heterocycles. The van der Waals surface area contributed by atoms with E-state index >= 15 is 0 Å². The first-order valence-electron chi connectivity index (χ1n) is 10.1. The van der Waals surface area contributed by atoms with Crippen LogP contribution in [0.4, 0.5) is 5.69 Å². The van der Waals surface area contributed by atoms with Crippen molar-refractivity contribution in [2.24, 2.45) is 10.8 Å². The number of rotatable bonds is 4. The maximum Gasteiger partial charge on any atom is 0.265 e. The number of benzodiazepines with no additional fused rings is 1. The zero-order chi connectivity index (χ0) is 20.5. The number of anilines is 1. The van der Waals surface area contributed by atoms with Gasteiger partial charge < -0.3 is 4.98 Å². The highest BCUT2D eigenvalue weighted by atomic mass is 16.2. The first-order chi connectivity index (χ1) is 14.7. The van der Waals surface area contributed by atoms with E-state index in [1.54, 1.807) is 0 Å². The molecule has 0 fully saturated rings. The lowest BCUT2D eigenvalue weighted by Crippen LogP contribution is -2.43. The van der Waals surface area contributed by atoms with E-state index in [1.807, 2.05) is 72.9 Å². The summed E-state index contributed by atoms with van der Waals surface area (Å²) in [6, 6.07) is 25.3. The Kier molecular flexibility index (Phi) is 4.65. The van der Waals surface area contributed by atoms with Crippen molar-refractivity contribution in [3.63, 3.8) is 0 Å². The van der Waals surface area contributed by atoms with Gasteiger partial charge in [0.05, 0.1) is 11.4 Å². The lowest BCUT2D eigenvalue weighted by atomic mass is 10.0. The van der Waals surface area contributed by atoms with Gasteiger partial charge in [-0.15, -0.1) is 0 Å². The number of hydrazine groups is 1. The number of nitrogens with two attached hydrogens (primary N) is 1. The molecule has 0 bridgehead atoms. The van der Waals surface area contributed by atoms with Gasteiger partial charge in [0.25, 0.3) is 5.91 Å². The standard InChI is InChI=1S/C25H22N4O/c26-29-23-13-7-5-11-20(23)24(17-8-2-1-3-9-17)28-22(25(29)30)15-14-18-16-27-21-12-6-4-10-19(18)21/h1-13,16,22,27H,14-15,26H2. The van der Waals surface area contributed by atoms with E-state index in [9.17, 15) is 4.79 Å². The Morgan fingerprint density at radius 1 is 0.933 bits per heavy atom. The van der Waals surface area contributed by atoms with Gasteiger partial charge in [-0.2, -0.15) is 0 Å². The van der Waals surface area contributed by atoms with E-state index in [0.29, 0.717) is 12.1 Å². The molecule has 30 heavy (non-hydrogen) atoms. The zero-order valence-corrected chi connectivity index (χ0v) is 16.5. The summed E-state index contributed by atoms with van der Waals surface area (Å²) in [5.41, 5.74) is 5.61. The van der Waals surface area contributed by atoms with E-state index in [1.165, 1.54) is 16.0 Å². The molecule has 3 N–H and O–H groups in total. The van der Waals surface area contributed by atoms with Crippen molar-refractivity contribution in [2.75, 3.05) is 5.01 Å². The Balaban J connectivity index is 1.53. The summed E-state index contributed by atoms with van der Waals surface area (Å²) in [4.78, 5) is 21.4. The van der Waals surface area contributed by atoms with Gasteiger partial charge in [0.2, 0.25) is 0 Å². The summed E-state index contributed by atoms with van der Waals surface area (Å²) < 4.78 is 0. The van der Waals surface area contributed by atoms with Gasteiger partial charge in [-0.1, -0.05) is 66.7 Å². The lowest BCUT2D eigenvalue weighted by molar-refractivity contribution is -0.119. The summed E-state index contributed by atoms with van der Waals surface area (Å²) in [6.45, 7) is 0. The Hall–Kier alpha value is -3.70. The summed E-state index contributed by atoms with van der Waals surface area (Å²) in [6.07, 6.45) is 3.33. The van der Waals surface area contributed by atoms with E-state index in [2.05, 4.69) is 17.1 Å². The van der Waals surface area contributed by atoms with Crippen LogP contribution in [0.15, 0.2) is 90.1 Å². The summed E-state index contributed by atoms with van der Waals surface area (Å²) in [7, 11) is 0. The van der Waals surface area contributed by atoms with Crippen LogP contribution < -0.4 is 10.9 Å². The number of aryl methyl sites for hydroxylation is 1. The van der Waals surface area contributed by atoms with Gasteiger partial charge in [-0.05, 0) is 30.5 Å². The molecule has 0 aliphatic carbocycles. The van der Waals surface area contributed by atoms with Crippen molar-refractivity contribution in [3.8, 4) is 0 Å². The molecule has 1 amide bonds. The number of aliphatic imine (C=N–C) groups is 1. The molecule has 1 aliphatic heterocycles. The van der Waals surface area contributed by atoms with E-state index < -0.39 is 6.04 Å². The van der Waals surface area contributed by atoms with Crippen molar-refractivity contribution < 1.29 is 4.79 Å². The van der Waals surface area contributed by atoms with Crippen LogP contribution in [0.5, 0.6) is 0 Å². The molecule has 5 rings (SSSR count). The van der Waals surface area contributed by atoms with Gasteiger partial charge >= 0.3 is 0 Å². The molecule has 1 aromatic heterocycles. The summed E-state index contributed by atoms with van der Waals surface area (Å²) >= 11 is 0. The highest BCUT2D eigenvalue weighted by molar-refractivity contribution is 6.19. The van der Waals surface area contributed by atoms with Gasteiger partial charge in [0.15, 0.2) is 0 Å². The number of para-hydroxylation sites is 2. The maximum atomic E-state index is 13.2. The van der Waals surface area contributed by atoms with Crippen LogP contribution in [0, 0.1) is 0 Å². The number of nitrogens with one attached hydrogen (secondary N) is 1. The Morgan fingerprint density at radius 2 is 1.67 bits per heavy atom. The third kappa shape index (κ3) is 3.19. The Labute approximate surface area is 174 Å². The highest BCUT2D eigenvalue weighted by Gasteiger charge is 2.30. The number of fused-ring (bicyclic) bond motifs is 2. The minimum absolute atomic E-state index is 0.187. The highest BCUT2D eigenvalue weighted by Crippen LogP contribution is 2.28. The van der Waals surface area contributed by atoms with Gasteiger partial charge in [-0.25, -0.2) is 10.9 Å². The number of nitrogens with zero attached hydrogens (tertiary/aromatic N) is 2. The smallest absolute Gasteiger partial charge is 0.265 e. The number of hydrogen-bond acceptors (Lipinski definition) is 3. The minimum atomic E-state index is -0.550. The molecule has 5 nitrogen and oxygen atoms in total. The number of amides is 1. The number of carbonyl (C=O) groups is 1. The third-order valence-electron chi connectivity index (χ3n) is 5.64. The number of benzene rings is 3. The maximum absolute atomic E-state index is 13.2. The minimum Gasteiger partial charge on any atom is -0.361 e. The fraction of sp³-hybridized carbons (Fsp3) is 0.120. The SMILES string of the molecule is NN1C(=O)C(CCc2c[nH]c3ccccc23)N=C(c2ccccc2)c2ccccc21. The van der Waals surface area contributed by atoms with Gasteiger partial charge in [0, 0.05) is 28.2 Å². The molecule has 3 aromatic carbocycles. The number of hydrogen-bond donors (Lipinski definition) is 2. The van der Waals surface area contributed by atoms with Gasteiger partial charge in [-0.3, -0.25) is 9.79 Å². The molecule has 0 spiro atoms. The van der Waals surface area contributed by atoms with Gasteiger partial charge in [0.1, 0.15) is 6.04 Å². The largest absolute Gasteiger partial charge is 0.361 e. The topological polar surface area (TPSA) is 74.5 Å². The predicted octanol–water partition coefficient (Wildman–Crippen LogP) is 4.23. The second-order valence-electron chi connectivity index (χ2n) is 7.48. The third-order valence-corrected chi connectivity index (χ3v) is 5.64. The monoisotopic (exact) mass is 394 g/mol.